The second-order valence-electron chi connectivity index (χ2n) is 6.28. The summed E-state index contributed by atoms with van der Waals surface area (Å²) in [6.45, 7) is 4.41. The summed E-state index contributed by atoms with van der Waals surface area (Å²) in [6, 6.07) is 10.5. The summed E-state index contributed by atoms with van der Waals surface area (Å²) in [4.78, 5) is 24.8. The van der Waals surface area contributed by atoms with E-state index < -0.39 is 11.8 Å². The quantitative estimate of drug-likeness (QED) is 0.628. The van der Waals surface area contributed by atoms with Gasteiger partial charge in [-0.3, -0.25) is 9.59 Å². The molecule has 6 nitrogen and oxygen atoms in total. The Morgan fingerprint density at radius 3 is 2.58 bits per heavy atom. The predicted octanol–water partition coefficient (Wildman–Crippen LogP) is 3.04. The second-order valence-corrected chi connectivity index (χ2v) is 6.28. The maximum absolute atomic E-state index is 12.4. The maximum atomic E-state index is 12.4. The topological polar surface area (TPSA) is 68.2 Å². The molecule has 0 spiro atoms. The molecule has 0 saturated heterocycles. The summed E-state index contributed by atoms with van der Waals surface area (Å²) in [5.41, 5.74) is 2.48. The number of amides is 2. The number of hydrogen-bond acceptors (Lipinski definition) is 5. The first-order valence-corrected chi connectivity index (χ1v) is 8.56. The zero-order chi connectivity index (χ0) is 18.3. The van der Waals surface area contributed by atoms with Gasteiger partial charge in [0.2, 0.25) is 0 Å². The molecule has 132 valence electrons. The molecule has 2 aliphatic rings. The number of imide groups is 1. The zero-order valence-electron chi connectivity index (χ0n) is 14.6. The standard InChI is InChI=1S/C20H18N2O4/c1-3-25-17-9-13-8-12(2)26-18(13)10-14(17)11-21-22-19(23)15-6-4-5-7-16(15)20(22)24/h4-7,9-12H,3,8H2,1-2H3/b21-11-/t12-/m0/s1. The smallest absolute Gasteiger partial charge is 0.282 e. The van der Waals surface area contributed by atoms with E-state index in [1.54, 1.807) is 24.3 Å². The number of carbonyl (C=O) groups excluding carboxylic acids is 2. The summed E-state index contributed by atoms with van der Waals surface area (Å²) in [5.74, 6) is 0.589. The van der Waals surface area contributed by atoms with E-state index in [0.717, 1.165) is 22.7 Å². The normalized spacial score (nSPS) is 18.2. The fraction of sp³-hybridized carbons (Fsp3) is 0.250. The minimum Gasteiger partial charge on any atom is -0.493 e. The Balaban J connectivity index is 1.66. The van der Waals surface area contributed by atoms with Gasteiger partial charge in [-0.15, -0.1) is 0 Å². The Bertz CT molecular complexity index is 900. The Labute approximate surface area is 151 Å². The number of benzene rings is 2. The van der Waals surface area contributed by atoms with Crippen LogP contribution in [-0.4, -0.2) is 35.7 Å². The van der Waals surface area contributed by atoms with Gasteiger partial charge in [0, 0.05) is 17.5 Å². The first-order chi connectivity index (χ1) is 12.6. The van der Waals surface area contributed by atoms with Crippen molar-refractivity contribution in [1.29, 1.82) is 0 Å². The number of hydrogen-bond donors (Lipinski definition) is 0. The third-order valence-electron chi connectivity index (χ3n) is 4.41. The minimum atomic E-state index is -0.425. The highest BCUT2D eigenvalue weighted by Crippen LogP contribution is 2.34. The number of rotatable bonds is 4. The van der Waals surface area contributed by atoms with Gasteiger partial charge in [-0.2, -0.15) is 10.1 Å². The van der Waals surface area contributed by atoms with E-state index >= 15 is 0 Å². The van der Waals surface area contributed by atoms with Crippen molar-refractivity contribution in [2.45, 2.75) is 26.4 Å². The van der Waals surface area contributed by atoms with E-state index in [0.29, 0.717) is 29.0 Å². The van der Waals surface area contributed by atoms with Gasteiger partial charge in [0.1, 0.15) is 17.6 Å². The first kappa shape index (κ1) is 16.3. The summed E-state index contributed by atoms with van der Waals surface area (Å²) in [6.07, 6.45) is 2.41. The number of fused-ring (bicyclic) bond motifs is 2. The summed E-state index contributed by atoms with van der Waals surface area (Å²) < 4.78 is 11.5. The fourth-order valence-electron chi connectivity index (χ4n) is 3.24. The Morgan fingerprint density at radius 2 is 1.92 bits per heavy atom. The van der Waals surface area contributed by atoms with Crippen molar-refractivity contribution in [1.82, 2.24) is 5.01 Å². The fourth-order valence-corrected chi connectivity index (χ4v) is 3.24. The molecule has 2 amide bonds. The molecule has 0 saturated carbocycles. The van der Waals surface area contributed by atoms with Crippen LogP contribution in [0.2, 0.25) is 0 Å². The molecule has 4 rings (SSSR count). The molecule has 26 heavy (non-hydrogen) atoms. The lowest BCUT2D eigenvalue weighted by molar-refractivity contribution is 0.0660. The largest absolute Gasteiger partial charge is 0.493 e. The molecule has 2 aromatic rings. The predicted molar refractivity (Wildman–Crippen MR) is 95.9 cm³/mol. The van der Waals surface area contributed by atoms with Gasteiger partial charge in [0.15, 0.2) is 0 Å². The molecular weight excluding hydrogens is 332 g/mol. The van der Waals surface area contributed by atoms with E-state index in [4.69, 9.17) is 9.47 Å². The van der Waals surface area contributed by atoms with Crippen LogP contribution in [0.25, 0.3) is 0 Å². The lowest BCUT2D eigenvalue weighted by atomic mass is 10.1. The van der Waals surface area contributed by atoms with Crippen molar-refractivity contribution in [3.8, 4) is 11.5 Å². The van der Waals surface area contributed by atoms with Crippen LogP contribution in [0.15, 0.2) is 41.5 Å². The molecule has 0 fully saturated rings. The molecular formula is C20H18N2O4. The van der Waals surface area contributed by atoms with Crippen LogP contribution in [0.5, 0.6) is 11.5 Å². The van der Waals surface area contributed by atoms with E-state index in [9.17, 15) is 9.59 Å². The molecule has 6 heteroatoms. The molecule has 0 N–H and O–H groups in total. The number of ether oxygens (including phenoxy) is 2. The van der Waals surface area contributed by atoms with Crippen LogP contribution in [-0.2, 0) is 6.42 Å². The molecule has 2 aliphatic heterocycles. The molecule has 1 atom stereocenters. The van der Waals surface area contributed by atoms with E-state index in [-0.39, 0.29) is 6.10 Å². The van der Waals surface area contributed by atoms with Crippen molar-refractivity contribution < 1.29 is 19.1 Å². The molecule has 0 radical (unpaired) electrons. The van der Waals surface area contributed by atoms with Crippen molar-refractivity contribution in [3.63, 3.8) is 0 Å². The van der Waals surface area contributed by atoms with Crippen molar-refractivity contribution >= 4 is 18.0 Å². The Hall–Kier alpha value is -3.15. The van der Waals surface area contributed by atoms with Crippen LogP contribution < -0.4 is 9.47 Å². The van der Waals surface area contributed by atoms with Crippen molar-refractivity contribution in [3.05, 3.63) is 58.7 Å². The number of hydrazone groups is 1. The number of nitrogens with zero attached hydrogens (tertiary/aromatic N) is 2. The SMILES string of the molecule is CCOc1cc2c(cc1/C=N\N1C(=O)c3ccccc3C1=O)O[C@@H](C)C2. The van der Waals surface area contributed by atoms with E-state index in [1.807, 2.05) is 26.0 Å². The summed E-state index contributed by atoms with van der Waals surface area (Å²) in [5, 5.41) is 5.02. The van der Waals surface area contributed by atoms with Crippen LogP contribution in [0, 0.1) is 0 Å². The van der Waals surface area contributed by atoms with Crippen LogP contribution in [0.4, 0.5) is 0 Å². The van der Waals surface area contributed by atoms with Gasteiger partial charge in [-0.05, 0) is 38.1 Å². The van der Waals surface area contributed by atoms with E-state index in [1.165, 1.54) is 6.21 Å². The van der Waals surface area contributed by atoms with Crippen molar-refractivity contribution in [2.24, 2.45) is 5.10 Å². The second kappa shape index (κ2) is 6.29. The average molecular weight is 350 g/mol. The van der Waals surface area contributed by atoms with Gasteiger partial charge in [0.05, 0.1) is 23.9 Å². The van der Waals surface area contributed by atoms with Gasteiger partial charge in [0.25, 0.3) is 11.8 Å². The lowest BCUT2D eigenvalue weighted by Crippen LogP contribution is -2.24. The third-order valence-corrected chi connectivity index (χ3v) is 4.41. The molecule has 2 heterocycles. The Morgan fingerprint density at radius 1 is 1.23 bits per heavy atom. The molecule has 0 unspecified atom stereocenters. The lowest BCUT2D eigenvalue weighted by Gasteiger charge is -2.11. The zero-order valence-corrected chi connectivity index (χ0v) is 14.6. The highest BCUT2D eigenvalue weighted by molar-refractivity contribution is 6.21. The van der Waals surface area contributed by atoms with Gasteiger partial charge in [-0.1, -0.05) is 12.1 Å². The monoisotopic (exact) mass is 350 g/mol. The highest BCUT2D eigenvalue weighted by Gasteiger charge is 2.35. The molecule has 0 aromatic heterocycles. The summed E-state index contributed by atoms with van der Waals surface area (Å²) in [7, 11) is 0. The highest BCUT2D eigenvalue weighted by atomic mass is 16.5. The minimum absolute atomic E-state index is 0.114. The molecule has 0 bridgehead atoms. The molecule has 0 aliphatic carbocycles. The average Bonchev–Trinajstić information content (AvgIpc) is 3.11. The van der Waals surface area contributed by atoms with Crippen LogP contribution >= 0.6 is 0 Å². The van der Waals surface area contributed by atoms with Gasteiger partial charge in [-0.25, -0.2) is 0 Å². The summed E-state index contributed by atoms with van der Waals surface area (Å²) >= 11 is 0. The van der Waals surface area contributed by atoms with Crippen LogP contribution in [0.1, 0.15) is 45.7 Å². The third kappa shape index (κ3) is 2.63. The van der Waals surface area contributed by atoms with Crippen LogP contribution in [0.3, 0.4) is 0 Å². The maximum Gasteiger partial charge on any atom is 0.282 e. The van der Waals surface area contributed by atoms with Crippen molar-refractivity contribution in [2.75, 3.05) is 6.61 Å². The van der Waals surface area contributed by atoms with Gasteiger partial charge < -0.3 is 9.47 Å². The van der Waals surface area contributed by atoms with E-state index in [2.05, 4.69) is 5.10 Å². The number of carbonyl (C=O) groups is 2. The molecule has 2 aromatic carbocycles. The van der Waals surface area contributed by atoms with Gasteiger partial charge >= 0.3 is 0 Å². The first-order valence-electron chi connectivity index (χ1n) is 8.56. The Kier molecular flexibility index (Phi) is 3.95.